The van der Waals surface area contributed by atoms with Crippen LogP contribution in [0.3, 0.4) is 0 Å². The van der Waals surface area contributed by atoms with Crippen LogP contribution in [-0.4, -0.2) is 5.91 Å². The van der Waals surface area contributed by atoms with Gasteiger partial charge in [0, 0.05) is 6.54 Å². The topological polar surface area (TPSA) is 29.1 Å². The van der Waals surface area contributed by atoms with Crippen molar-refractivity contribution in [3.05, 3.63) is 70.3 Å². The Kier molecular flexibility index (Phi) is 4.57. The van der Waals surface area contributed by atoms with Crippen molar-refractivity contribution in [1.82, 2.24) is 5.32 Å². The van der Waals surface area contributed by atoms with E-state index < -0.39 is 0 Å². The van der Waals surface area contributed by atoms with Gasteiger partial charge < -0.3 is 5.32 Å². The Bertz CT molecular complexity index is 599. The van der Waals surface area contributed by atoms with Crippen molar-refractivity contribution in [3.8, 4) is 0 Å². The average Bonchev–Trinajstić information content (AvgIpc) is 2.42. The van der Waals surface area contributed by atoms with E-state index in [2.05, 4.69) is 50.4 Å². The molecule has 0 bridgehead atoms. The van der Waals surface area contributed by atoms with E-state index in [0.717, 1.165) is 11.1 Å². The largest absolute Gasteiger partial charge is 0.352 e. The third-order valence-electron chi connectivity index (χ3n) is 3.55. The Balaban J connectivity index is 1.89. The molecule has 0 unspecified atom stereocenters. The molecule has 104 valence electrons. The third kappa shape index (κ3) is 3.95. The van der Waals surface area contributed by atoms with Gasteiger partial charge in [0.05, 0.1) is 6.42 Å². The molecule has 0 aliphatic carbocycles. The molecule has 0 saturated heterocycles. The Morgan fingerprint density at radius 1 is 0.900 bits per heavy atom. The highest BCUT2D eigenvalue weighted by Crippen LogP contribution is 2.10. The maximum Gasteiger partial charge on any atom is 0.224 e. The minimum atomic E-state index is 0.0637. The molecular weight excluding hydrogens is 246 g/mol. The van der Waals surface area contributed by atoms with Gasteiger partial charge in [0.1, 0.15) is 0 Å². The van der Waals surface area contributed by atoms with Gasteiger partial charge in [-0.3, -0.25) is 4.79 Å². The molecule has 2 aromatic rings. The summed E-state index contributed by atoms with van der Waals surface area (Å²) >= 11 is 0. The summed E-state index contributed by atoms with van der Waals surface area (Å²) in [4.78, 5) is 11.9. The van der Waals surface area contributed by atoms with Crippen LogP contribution in [0.25, 0.3) is 0 Å². The van der Waals surface area contributed by atoms with Crippen molar-refractivity contribution in [2.45, 2.75) is 33.7 Å². The molecule has 2 rings (SSSR count). The van der Waals surface area contributed by atoms with Gasteiger partial charge in [0.2, 0.25) is 5.91 Å². The van der Waals surface area contributed by atoms with Gasteiger partial charge in [-0.2, -0.15) is 0 Å². The second kappa shape index (κ2) is 6.38. The van der Waals surface area contributed by atoms with E-state index in [-0.39, 0.29) is 5.91 Å². The van der Waals surface area contributed by atoms with Crippen molar-refractivity contribution in [1.29, 1.82) is 0 Å². The first-order chi connectivity index (χ1) is 9.54. The third-order valence-corrected chi connectivity index (χ3v) is 3.55. The number of amides is 1. The first kappa shape index (κ1) is 14.3. The molecule has 2 aromatic carbocycles. The first-order valence-electron chi connectivity index (χ1n) is 6.93. The zero-order chi connectivity index (χ0) is 14.5. The minimum Gasteiger partial charge on any atom is -0.352 e. The highest BCUT2D eigenvalue weighted by atomic mass is 16.1. The molecule has 0 spiro atoms. The highest BCUT2D eigenvalue weighted by molar-refractivity contribution is 5.78. The molecular formula is C18H21NO. The average molecular weight is 267 g/mol. The summed E-state index contributed by atoms with van der Waals surface area (Å²) in [6.45, 7) is 6.80. The number of carbonyl (C=O) groups excluding carboxylic acids is 1. The molecule has 0 radical (unpaired) electrons. The van der Waals surface area contributed by atoms with Crippen LogP contribution < -0.4 is 5.32 Å². The fraction of sp³-hybridized carbons (Fsp3) is 0.278. The SMILES string of the molecule is Cc1ccc(CNC(=O)Cc2ccc(C)c(C)c2)cc1. The standard InChI is InChI=1S/C18H21NO/c1-13-4-7-16(8-5-13)12-19-18(20)11-17-9-6-14(2)15(3)10-17/h4-10H,11-12H2,1-3H3,(H,19,20). The van der Waals surface area contributed by atoms with E-state index in [0.29, 0.717) is 13.0 Å². The fourth-order valence-corrected chi connectivity index (χ4v) is 2.07. The van der Waals surface area contributed by atoms with Crippen LogP contribution in [0.15, 0.2) is 42.5 Å². The maximum atomic E-state index is 11.9. The van der Waals surface area contributed by atoms with Gasteiger partial charge in [0.25, 0.3) is 0 Å². The smallest absolute Gasteiger partial charge is 0.224 e. The lowest BCUT2D eigenvalue weighted by Crippen LogP contribution is -2.24. The molecule has 0 saturated carbocycles. The maximum absolute atomic E-state index is 11.9. The monoisotopic (exact) mass is 267 g/mol. The molecule has 0 atom stereocenters. The number of rotatable bonds is 4. The van der Waals surface area contributed by atoms with E-state index in [9.17, 15) is 4.79 Å². The zero-order valence-corrected chi connectivity index (χ0v) is 12.4. The van der Waals surface area contributed by atoms with Crippen LogP contribution in [-0.2, 0) is 17.8 Å². The highest BCUT2D eigenvalue weighted by Gasteiger charge is 2.04. The molecule has 20 heavy (non-hydrogen) atoms. The summed E-state index contributed by atoms with van der Waals surface area (Å²) in [5.74, 6) is 0.0637. The van der Waals surface area contributed by atoms with Gasteiger partial charge in [-0.1, -0.05) is 48.0 Å². The predicted octanol–water partition coefficient (Wildman–Crippen LogP) is 3.47. The lowest BCUT2D eigenvalue weighted by molar-refractivity contribution is -0.120. The van der Waals surface area contributed by atoms with Crippen LogP contribution in [0.2, 0.25) is 0 Å². The van der Waals surface area contributed by atoms with Crippen LogP contribution >= 0.6 is 0 Å². The molecule has 0 fully saturated rings. The summed E-state index contributed by atoms with van der Waals surface area (Å²) in [6, 6.07) is 14.4. The predicted molar refractivity (Wildman–Crippen MR) is 82.6 cm³/mol. The summed E-state index contributed by atoms with van der Waals surface area (Å²) in [5.41, 5.74) is 5.91. The summed E-state index contributed by atoms with van der Waals surface area (Å²) < 4.78 is 0. The Labute approximate surface area is 120 Å². The number of hydrogen-bond acceptors (Lipinski definition) is 1. The fourth-order valence-electron chi connectivity index (χ4n) is 2.07. The van der Waals surface area contributed by atoms with Crippen LogP contribution in [0, 0.1) is 20.8 Å². The molecule has 2 nitrogen and oxygen atoms in total. The van der Waals surface area contributed by atoms with Gasteiger partial charge in [-0.05, 0) is 43.0 Å². The lowest BCUT2D eigenvalue weighted by atomic mass is 10.0. The van der Waals surface area contributed by atoms with E-state index in [1.165, 1.54) is 16.7 Å². The van der Waals surface area contributed by atoms with Crippen molar-refractivity contribution >= 4 is 5.91 Å². The number of aryl methyl sites for hydroxylation is 3. The Morgan fingerprint density at radius 2 is 1.55 bits per heavy atom. The molecule has 0 aliphatic rings. The second-order valence-electron chi connectivity index (χ2n) is 5.36. The van der Waals surface area contributed by atoms with E-state index >= 15 is 0 Å². The molecule has 0 aromatic heterocycles. The number of carbonyl (C=O) groups is 1. The van der Waals surface area contributed by atoms with E-state index in [1.807, 2.05) is 18.2 Å². The lowest BCUT2D eigenvalue weighted by Gasteiger charge is -2.07. The quantitative estimate of drug-likeness (QED) is 0.903. The van der Waals surface area contributed by atoms with Crippen LogP contribution in [0.5, 0.6) is 0 Å². The molecule has 0 aliphatic heterocycles. The van der Waals surface area contributed by atoms with Gasteiger partial charge >= 0.3 is 0 Å². The molecule has 1 amide bonds. The summed E-state index contributed by atoms with van der Waals surface area (Å²) in [6.07, 6.45) is 0.437. The van der Waals surface area contributed by atoms with Crippen molar-refractivity contribution in [3.63, 3.8) is 0 Å². The second-order valence-corrected chi connectivity index (χ2v) is 5.36. The first-order valence-corrected chi connectivity index (χ1v) is 6.93. The van der Waals surface area contributed by atoms with Crippen molar-refractivity contribution in [2.24, 2.45) is 0 Å². The molecule has 2 heteroatoms. The van der Waals surface area contributed by atoms with E-state index in [4.69, 9.17) is 0 Å². The number of hydrogen-bond donors (Lipinski definition) is 1. The van der Waals surface area contributed by atoms with Gasteiger partial charge in [-0.25, -0.2) is 0 Å². The zero-order valence-electron chi connectivity index (χ0n) is 12.4. The Morgan fingerprint density at radius 3 is 2.20 bits per heavy atom. The normalized spacial score (nSPS) is 10.3. The van der Waals surface area contributed by atoms with Gasteiger partial charge in [0.15, 0.2) is 0 Å². The number of benzene rings is 2. The van der Waals surface area contributed by atoms with Crippen molar-refractivity contribution in [2.75, 3.05) is 0 Å². The van der Waals surface area contributed by atoms with Crippen molar-refractivity contribution < 1.29 is 4.79 Å². The molecule has 0 heterocycles. The van der Waals surface area contributed by atoms with Crippen LogP contribution in [0.4, 0.5) is 0 Å². The molecule has 1 N–H and O–H groups in total. The van der Waals surface area contributed by atoms with Gasteiger partial charge in [-0.15, -0.1) is 0 Å². The summed E-state index contributed by atoms with van der Waals surface area (Å²) in [5, 5.41) is 2.96. The Hall–Kier alpha value is -2.09. The minimum absolute atomic E-state index is 0.0637. The van der Waals surface area contributed by atoms with Crippen LogP contribution in [0.1, 0.15) is 27.8 Å². The number of nitrogens with one attached hydrogen (secondary N) is 1. The summed E-state index contributed by atoms with van der Waals surface area (Å²) in [7, 11) is 0. The van der Waals surface area contributed by atoms with E-state index in [1.54, 1.807) is 0 Å².